The molecule has 1 fully saturated rings. The van der Waals surface area contributed by atoms with Gasteiger partial charge in [-0.3, -0.25) is 0 Å². The molecule has 0 aliphatic carbocycles. The van der Waals surface area contributed by atoms with E-state index in [2.05, 4.69) is 36.9 Å². The Morgan fingerprint density at radius 1 is 1.12 bits per heavy atom. The van der Waals surface area contributed by atoms with Crippen LogP contribution in [0.4, 0.5) is 5.69 Å². The smallest absolute Gasteiger partial charge is 0.181 e. The molecule has 0 atom stereocenters. The minimum Gasteiger partial charge on any atom is -0.383 e. The van der Waals surface area contributed by atoms with Crippen molar-refractivity contribution in [2.45, 2.75) is 26.8 Å². The first kappa shape index (κ1) is 21.5. The van der Waals surface area contributed by atoms with Crippen LogP contribution >= 0.6 is 0 Å². The van der Waals surface area contributed by atoms with Gasteiger partial charge in [0, 0.05) is 44.8 Å². The number of benzene rings is 1. The summed E-state index contributed by atoms with van der Waals surface area (Å²) in [5.74, 6) is 2.32. The summed E-state index contributed by atoms with van der Waals surface area (Å²) in [5, 5.41) is 4.88. The van der Waals surface area contributed by atoms with Gasteiger partial charge < -0.3 is 18.9 Å². The first-order valence-corrected chi connectivity index (χ1v) is 11.4. The van der Waals surface area contributed by atoms with Gasteiger partial charge in [-0.05, 0) is 13.0 Å². The molecule has 172 valence electrons. The number of pyridine rings is 1. The maximum Gasteiger partial charge on any atom is 0.181 e. The molecule has 1 saturated heterocycles. The molecule has 33 heavy (non-hydrogen) atoms. The van der Waals surface area contributed by atoms with Gasteiger partial charge in [0.25, 0.3) is 0 Å². The summed E-state index contributed by atoms with van der Waals surface area (Å²) in [6.45, 7) is 8.46. The highest BCUT2D eigenvalue weighted by atomic mass is 16.5. The molecule has 0 N–H and O–H groups in total. The van der Waals surface area contributed by atoms with Crippen molar-refractivity contribution in [2.24, 2.45) is 0 Å². The number of fused-ring (bicyclic) bond motifs is 1. The van der Waals surface area contributed by atoms with E-state index in [4.69, 9.17) is 29.5 Å². The van der Waals surface area contributed by atoms with E-state index in [9.17, 15) is 0 Å². The zero-order valence-corrected chi connectivity index (χ0v) is 19.4. The molecule has 3 aromatic heterocycles. The Labute approximate surface area is 193 Å². The molecular weight excluding hydrogens is 418 g/mol. The average molecular weight is 448 g/mol. The molecule has 1 aliphatic heterocycles. The zero-order chi connectivity index (χ0) is 22.8. The van der Waals surface area contributed by atoms with E-state index in [1.54, 1.807) is 7.11 Å². The predicted molar refractivity (Wildman–Crippen MR) is 127 cm³/mol. The quantitative estimate of drug-likeness (QED) is 0.431. The minimum absolute atomic E-state index is 0.589. The largest absolute Gasteiger partial charge is 0.383 e. The summed E-state index contributed by atoms with van der Waals surface area (Å²) in [7, 11) is 1.70. The summed E-state index contributed by atoms with van der Waals surface area (Å²) in [6.07, 6.45) is 2.58. The second-order valence-electron chi connectivity index (χ2n) is 8.19. The Bertz CT molecular complexity index is 1260. The van der Waals surface area contributed by atoms with Crippen molar-refractivity contribution in [3.8, 4) is 17.2 Å². The third kappa shape index (κ3) is 4.21. The second kappa shape index (κ2) is 9.29. The van der Waals surface area contributed by atoms with Crippen molar-refractivity contribution < 1.29 is 9.47 Å². The van der Waals surface area contributed by atoms with Gasteiger partial charge in [-0.25, -0.2) is 15.0 Å². The fraction of sp³-hybridized carbons (Fsp3) is 0.417. The number of methoxy groups -OCH3 is 1. The molecule has 0 bridgehead atoms. The van der Waals surface area contributed by atoms with Gasteiger partial charge in [-0.15, -0.1) is 5.10 Å². The van der Waals surface area contributed by atoms with E-state index in [1.807, 2.05) is 27.7 Å². The highest BCUT2D eigenvalue weighted by Crippen LogP contribution is 2.29. The average Bonchev–Trinajstić information content (AvgIpc) is 3.47. The van der Waals surface area contributed by atoms with Crippen LogP contribution < -0.4 is 4.90 Å². The molecule has 1 aliphatic rings. The van der Waals surface area contributed by atoms with E-state index in [0.717, 1.165) is 53.6 Å². The van der Waals surface area contributed by atoms with Crippen molar-refractivity contribution in [2.75, 3.05) is 44.9 Å². The van der Waals surface area contributed by atoms with Crippen LogP contribution in [0.5, 0.6) is 0 Å². The van der Waals surface area contributed by atoms with Gasteiger partial charge in [0.1, 0.15) is 11.3 Å². The van der Waals surface area contributed by atoms with Gasteiger partial charge in [-0.1, -0.05) is 30.7 Å². The number of hydrogen-bond donors (Lipinski definition) is 0. The highest BCUT2D eigenvalue weighted by molar-refractivity contribution is 5.87. The van der Waals surface area contributed by atoms with Crippen LogP contribution in [0.15, 0.2) is 36.7 Å². The summed E-state index contributed by atoms with van der Waals surface area (Å²) in [6, 6.07) is 10.3. The number of morpholine rings is 1. The third-order valence-electron chi connectivity index (χ3n) is 5.91. The molecule has 0 radical (unpaired) electrons. The lowest BCUT2D eigenvalue weighted by molar-refractivity contribution is 0.123. The number of aromatic nitrogens is 6. The standard InChI is InChI=1S/C24H29N7O2/c1-4-20-26-23(18-7-5-6-17(2)14-18)28-31(20)21-15-19(29-9-12-33-13-10-29)22-24(27-21)30(16-25-22)8-11-32-3/h5-7,14-16H,4,8-13H2,1-3H3. The summed E-state index contributed by atoms with van der Waals surface area (Å²) >= 11 is 0. The Morgan fingerprint density at radius 3 is 2.73 bits per heavy atom. The number of imidazole rings is 1. The lowest BCUT2D eigenvalue weighted by atomic mass is 10.1. The van der Waals surface area contributed by atoms with Gasteiger partial charge in [-0.2, -0.15) is 4.68 Å². The molecule has 0 amide bonds. The predicted octanol–water partition coefficient (Wildman–Crippen LogP) is 3.03. The molecule has 0 unspecified atom stereocenters. The van der Waals surface area contributed by atoms with Crippen LogP contribution in [0, 0.1) is 6.92 Å². The third-order valence-corrected chi connectivity index (χ3v) is 5.91. The van der Waals surface area contributed by atoms with Gasteiger partial charge in [0.2, 0.25) is 0 Å². The maximum absolute atomic E-state index is 5.58. The van der Waals surface area contributed by atoms with Crippen molar-refractivity contribution in [3.05, 3.63) is 48.0 Å². The molecule has 4 aromatic rings. The number of rotatable bonds is 7. The molecule has 0 saturated carbocycles. The summed E-state index contributed by atoms with van der Waals surface area (Å²) in [4.78, 5) is 16.8. The Kier molecular flexibility index (Phi) is 6.06. The topological polar surface area (TPSA) is 83.1 Å². The van der Waals surface area contributed by atoms with E-state index in [-0.39, 0.29) is 0 Å². The van der Waals surface area contributed by atoms with Crippen molar-refractivity contribution in [1.82, 2.24) is 29.3 Å². The van der Waals surface area contributed by atoms with Crippen LogP contribution in [-0.4, -0.2) is 69.3 Å². The van der Waals surface area contributed by atoms with Crippen LogP contribution in [0.1, 0.15) is 18.3 Å². The van der Waals surface area contributed by atoms with E-state index in [1.165, 1.54) is 5.56 Å². The first-order valence-electron chi connectivity index (χ1n) is 11.4. The minimum atomic E-state index is 0.589. The normalized spacial score (nSPS) is 14.3. The van der Waals surface area contributed by atoms with E-state index < -0.39 is 0 Å². The molecule has 4 heterocycles. The lowest BCUT2D eigenvalue weighted by Gasteiger charge is -2.29. The fourth-order valence-corrected chi connectivity index (χ4v) is 4.18. The van der Waals surface area contributed by atoms with Gasteiger partial charge in [0.15, 0.2) is 17.3 Å². The Balaban J connectivity index is 1.65. The molecular formula is C24H29N7O2. The fourth-order valence-electron chi connectivity index (χ4n) is 4.18. The number of ether oxygens (including phenoxy) is 2. The van der Waals surface area contributed by atoms with Gasteiger partial charge in [0.05, 0.1) is 31.8 Å². The number of hydrogen-bond acceptors (Lipinski definition) is 7. The summed E-state index contributed by atoms with van der Waals surface area (Å²) in [5.41, 5.74) is 4.93. The number of anilines is 1. The molecule has 5 rings (SSSR count). The van der Waals surface area contributed by atoms with Crippen molar-refractivity contribution >= 4 is 16.9 Å². The van der Waals surface area contributed by atoms with Crippen LogP contribution in [0.3, 0.4) is 0 Å². The van der Waals surface area contributed by atoms with Crippen LogP contribution in [-0.2, 0) is 22.4 Å². The second-order valence-corrected chi connectivity index (χ2v) is 8.19. The number of aryl methyl sites for hydroxylation is 2. The lowest BCUT2D eigenvalue weighted by Crippen LogP contribution is -2.36. The number of nitrogens with zero attached hydrogens (tertiary/aromatic N) is 7. The van der Waals surface area contributed by atoms with Crippen LogP contribution in [0.2, 0.25) is 0 Å². The van der Waals surface area contributed by atoms with E-state index in [0.29, 0.717) is 32.2 Å². The maximum atomic E-state index is 5.58. The first-order chi connectivity index (χ1) is 16.2. The monoisotopic (exact) mass is 447 g/mol. The van der Waals surface area contributed by atoms with Crippen molar-refractivity contribution in [1.29, 1.82) is 0 Å². The zero-order valence-electron chi connectivity index (χ0n) is 19.4. The Hall–Kier alpha value is -3.30. The van der Waals surface area contributed by atoms with Gasteiger partial charge >= 0.3 is 0 Å². The van der Waals surface area contributed by atoms with E-state index >= 15 is 0 Å². The van der Waals surface area contributed by atoms with Crippen LogP contribution in [0.25, 0.3) is 28.4 Å². The molecule has 9 nitrogen and oxygen atoms in total. The highest BCUT2D eigenvalue weighted by Gasteiger charge is 2.21. The molecule has 1 aromatic carbocycles. The molecule has 9 heteroatoms. The van der Waals surface area contributed by atoms with Crippen molar-refractivity contribution in [3.63, 3.8) is 0 Å². The molecule has 0 spiro atoms. The Morgan fingerprint density at radius 2 is 1.97 bits per heavy atom. The SMILES string of the molecule is CCc1nc(-c2cccc(C)c2)nn1-c1cc(N2CCOCC2)c2ncn(CCOC)c2n1. The summed E-state index contributed by atoms with van der Waals surface area (Å²) < 4.78 is 14.8.